The highest BCUT2D eigenvalue weighted by Gasteiger charge is 2.17. The second-order valence-electron chi connectivity index (χ2n) is 4.38. The number of nitrogens with zero attached hydrogens (tertiary/aromatic N) is 3. The summed E-state index contributed by atoms with van der Waals surface area (Å²) >= 11 is 0. The van der Waals surface area contributed by atoms with Gasteiger partial charge in [0.1, 0.15) is 0 Å². The summed E-state index contributed by atoms with van der Waals surface area (Å²) in [5.41, 5.74) is 5.92. The van der Waals surface area contributed by atoms with Gasteiger partial charge in [-0.1, -0.05) is 24.3 Å². The maximum atomic E-state index is 11.7. The number of carbonyl (C=O) groups excluding carboxylic acids is 1. The standard InChI is InChI=1S/C12H15N4O3S/c1-15(2)20(18,19)14-12(17)9-16-8-7-10-5-3-4-6-11(10)13-16/h3-8H,9H2,1-2H3,(H,14,17)/q-1. The highest BCUT2D eigenvalue weighted by molar-refractivity contribution is 7.87. The monoisotopic (exact) mass is 295 g/mol. The molecule has 0 radical (unpaired) electrons. The predicted molar refractivity (Wildman–Crippen MR) is 76.0 cm³/mol. The highest BCUT2D eigenvalue weighted by atomic mass is 32.2. The van der Waals surface area contributed by atoms with E-state index in [1.165, 1.54) is 19.1 Å². The maximum absolute atomic E-state index is 11.7. The Bertz CT molecular complexity index is 640. The first-order chi connectivity index (χ1) is 9.38. The average Bonchev–Trinajstić information content (AvgIpc) is 2.37. The van der Waals surface area contributed by atoms with Crippen molar-refractivity contribution in [2.45, 2.75) is 0 Å². The normalized spacial score (nSPS) is 13.8. The van der Waals surface area contributed by atoms with E-state index >= 15 is 0 Å². The molecule has 8 heteroatoms. The SMILES string of the molecule is CN(C)S(=O)(=O)NC(=O)CN1C=Cc2ccccc2[N-]1. The van der Waals surface area contributed by atoms with Crippen LogP contribution >= 0.6 is 0 Å². The van der Waals surface area contributed by atoms with Gasteiger partial charge in [0.25, 0.3) is 5.91 Å². The topological polar surface area (TPSA) is 83.8 Å². The molecule has 0 saturated carbocycles. The Labute approximate surface area is 118 Å². The lowest BCUT2D eigenvalue weighted by Crippen LogP contribution is -2.42. The van der Waals surface area contributed by atoms with Crippen LogP contribution in [0.2, 0.25) is 0 Å². The van der Waals surface area contributed by atoms with Crippen molar-refractivity contribution >= 4 is 27.9 Å². The zero-order valence-electron chi connectivity index (χ0n) is 11.1. The van der Waals surface area contributed by atoms with Gasteiger partial charge in [0.15, 0.2) is 0 Å². The largest absolute Gasteiger partial charge is 0.594 e. The van der Waals surface area contributed by atoms with Crippen LogP contribution in [0.3, 0.4) is 0 Å². The predicted octanol–water partition coefficient (Wildman–Crippen LogP) is 0.816. The summed E-state index contributed by atoms with van der Waals surface area (Å²) in [4.78, 5) is 11.7. The summed E-state index contributed by atoms with van der Waals surface area (Å²) in [6.45, 7) is -0.169. The quantitative estimate of drug-likeness (QED) is 0.891. The molecule has 1 aliphatic heterocycles. The van der Waals surface area contributed by atoms with Gasteiger partial charge in [0.2, 0.25) is 0 Å². The lowest BCUT2D eigenvalue weighted by Gasteiger charge is -2.40. The third kappa shape index (κ3) is 3.28. The third-order valence-electron chi connectivity index (χ3n) is 2.63. The van der Waals surface area contributed by atoms with E-state index in [0.717, 1.165) is 15.6 Å². The van der Waals surface area contributed by atoms with Crippen LogP contribution in [-0.4, -0.2) is 44.3 Å². The van der Waals surface area contributed by atoms with Gasteiger partial charge in [-0.3, -0.25) is 4.79 Å². The van der Waals surface area contributed by atoms with Crippen molar-refractivity contribution in [1.29, 1.82) is 0 Å². The Morgan fingerprint density at radius 1 is 1.35 bits per heavy atom. The minimum atomic E-state index is -3.77. The van der Waals surface area contributed by atoms with Crippen molar-refractivity contribution < 1.29 is 13.2 Å². The zero-order valence-corrected chi connectivity index (χ0v) is 12.0. The van der Waals surface area contributed by atoms with Gasteiger partial charge >= 0.3 is 10.2 Å². The lowest BCUT2D eigenvalue weighted by molar-refractivity contribution is -0.119. The van der Waals surface area contributed by atoms with Gasteiger partial charge in [0.05, 0.1) is 6.54 Å². The van der Waals surface area contributed by atoms with E-state index in [1.54, 1.807) is 6.20 Å². The Kier molecular flexibility index (Phi) is 3.96. The molecule has 1 heterocycles. The van der Waals surface area contributed by atoms with Gasteiger partial charge in [-0.15, -0.1) is 5.69 Å². The molecule has 108 valence electrons. The van der Waals surface area contributed by atoms with Crippen molar-refractivity contribution in [3.63, 3.8) is 0 Å². The molecule has 0 unspecified atom stereocenters. The Morgan fingerprint density at radius 3 is 2.75 bits per heavy atom. The molecule has 0 fully saturated rings. The van der Waals surface area contributed by atoms with Crippen molar-refractivity contribution in [3.05, 3.63) is 41.5 Å². The summed E-state index contributed by atoms with van der Waals surface area (Å²) in [5, 5.41) is 1.39. The molecular formula is C12H15N4O3S-. The molecule has 0 saturated heterocycles. The molecule has 0 bridgehead atoms. The fourth-order valence-corrected chi connectivity index (χ4v) is 2.10. The van der Waals surface area contributed by atoms with E-state index in [4.69, 9.17) is 0 Å². The van der Waals surface area contributed by atoms with Crippen molar-refractivity contribution in [2.75, 3.05) is 20.6 Å². The van der Waals surface area contributed by atoms with Gasteiger partial charge in [-0.05, 0) is 17.8 Å². The Morgan fingerprint density at radius 2 is 2.05 bits per heavy atom. The number of carbonyl (C=O) groups is 1. The molecule has 2 rings (SSSR count). The van der Waals surface area contributed by atoms with E-state index in [9.17, 15) is 13.2 Å². The summed E-state index contributed by atoms with van der Waals surface area (Å²) in [6.07, 6.45) is 3.44. The van der Waals surface area contributed by atoms with E-state index in [2.05, 4.69) is 5.43 Å². The molecule has 1 aliphatic rings. The fourth-order valence-electron chi connectivity index (χ4n) is 1.56. The molecule has 1 aromatic carbocycles. The minimum Gasteiger partial charge on any atom is -0.594 e. The molecule has 1 N–H and O–H groups in total. The van der Waals surface area contributed by atoms with Crippen molar-refractivity contribution in [3.8, 4) is 0 Å². The van der Waals surface area contributed by atoms with E-state index in [-0.39, 0.29) is 6.54 Å². The first-order valence-electron chi connectivity index (χ1n) is 5.87. The number of benzene rings is 1. The highest BCUT2D eigenvalue weighted by Crippen LogP contribution is 2.30. The molecule has 0 spiro atoms. The van der Waals surface area contributed by atoms with Crippen LogP contribution in [0.25, 0.3) is 11.5 Å². The lowest BCUT2D eigenvalue weighted by atomic mass is 10.1. The molecule has 20 heavy (non-hydrogen) atoms. The molecule has 1 aromatic rings. The van der Waals surface area contributed by atoms with Crippen LogP contribution in [0.5, 0.6) is 0 Å². The molecular weight excluding hydrogens is 280 g/mol. The smallest absolute Gasteiger partial charge is 0.303 e. The summed E-state index contributed by atoms with van der Waals surface area (Å²) in [6, 6.07) is 7.46. The molecule has 0 atom stereocenters. The van der Waals surface area contributed by atoms with Gasteiger partial charge < -0.3 is 10.4 Å². The molecule has 7 nitrogen and oxygen atoms in total. The Balaban J connectivity index is 1.98. The van der Waals surface area contributed by atoms with Gasteiger partial charge in [-0.25, -0.2) is 4.72 Å². The van der Waals surface area contributed by atoms with Crippen LogP contribution < -0.4 is 4.72 Å². The number of hydrogen-bond donors (Lipinski definition) is 1. The zero-order chi connectivity index (χ0) is 14.8. The van der Waals surface area contributed by atoms with Crippen molar-refractivity contribution in [1.82, 2.24) is 14.0 Å². The number of rotatable bonds is 4. The first-order valence-corrected chi connectivity index (χ1v) is 7.31. The van der Waals surface area contributed by atoms with E-state index < -0.39 is 16.1 Å². The first kappa shape index (κ1) is 14.4. The fraction of sp³-hybridized carbons (Fsp3) is 0.250. The van der Waals surface area contributed by atoms with Crippen LogP contribution in [0, 0.1) is 0 Å². The van der Waals surface area contributed by atoms with Crippen LogP contribution in [0.1, 0.15) is 5.56 Å². The molecule has 0 aliphatic carbocycles. The summed E-state index contributed by atoms with van der Waals surface area (Å²) in [5.74, 6) is -0.647. The van der Waals surface area contributed by atoms with Gasteiger partial charge in [-0.2, -0.15) is 12.7 Å². The minimum absolute atomic E-state index is 0.169. The summed E-state index contributed by atoms with van der Waals surface area (Å²) < 4.78 is 25.9. The number of hydrogen-bond acceptors (Lipinski definition) is 4. The van der Waals surface area contributed by atoms with Crippen LogP contribution in [0.4, 0.5) is 5.69 Å². The second-order valence-corrected chi connectivity index (χ2v) is 6.27. The van der Waals surface area contributed by atoms with Gasteiger partial charge in [0, 0.05) is 14.1 Å². The van der Waals surface area contributed by atoms with E-state index in [0.29, 0.717) is 0 Å². The van der Waals surface area contributed by atoms with Crippen LogP contribution in [0.15, 0.2) is 30.5 Å². The number of amides is 1. The average molecular weight is 295 g/mol. The van der Waals surface area contributed by atoms with E-state index in [1.807, 2.05) is 35.1 Å². The van der Waals surface area contributed by atoms with Crippen LogP contribution in [-0.2, 0) is 15.0 Å². The second kappa shape index (κ2) is 5.51. The maximum Gasteiger partial charge on any atom is 0.303 e. The Hall–Kier alpha value is -2.06. The number of nitrogens with one attached hydrogen (secondary N) is 1. The van der Waals surface area contributed by atoms with Crippen molar-refractivity contribution in [2.24, 2.45) is 0 Å². The number of fused-ring (bicyclic) bond motifs is 1. The third-order valence-corrected chi connectivity index (χ3v) is 4.08. The molecule has 1 amide bonds. The summed E-state index contributed by atoms with van der Waals surface area (Å²) in [7, 11) is -1.08. The molecule has 0 aromatic heterocycles.